The van der Waals surface area contributed by atoms with Crippen molar-refractivity contribution in [3.8, 4) is 11.5 Å². The van der Waals surface area contributed by atoms with Crippen LogP contribution in [0.15, 0.2) is 18.7 Å². The van der Waals surface area contributed by atoms with Gasteiger partial charge in [0.15, 0.2) is 11.5 Å². The van der Waals surface area contributed by atoms with Gasteiger partial charge in [0.25, 0.3) is 0 Å². The summed E-state index contributed by atoms with van der Waals surface area (Å²) in [5.74, 6) is 0.949. The van der Waals surface area contributed by atoms with E-state index in [2.05, 4.69) is 18.4 Å². The second-order valence-corrected chi connectivity index (χ2v) is 9.35. The van der Waals surface area contributed by atoms with Crippen molar-refractivity contribution in [1.29, 1.82) is 0 Å². The maximum atomic E-state index is 13.5. The number of Topliss-reactive ketones (excluding diaryl/α,β-unsaturated/α-hetero) is 1. The Morgan fingerprint density at radius 3 is 2.70 bits per heavy atom. The molecular formula is C24H31NO5. The van der Waals surface area contributed by atoms with Crippen molar-refractivity contribution in [3.63, 3.8) is 0 Å². The van der Waals surface area contributed by atoms with E-state index in [1.54, 1.807) is 27.4 Å². The first-order valence-corrected chi connectivity index (χ1v) is 10.8. The summed E-state index contributed by atoms with van der Waals surface area (Å²) in [5.41, 5.74) is 2.24. The summed E-state index contributed by atoms with van der Waals surface area (Å²) < 4.78 is 17.3. The Bertz CT molecular complexity index is 928. The number of ketones is 1. The predicted octanol–water partition coefficient (Wildman–Crippen LogP) is 2.84. The van der Waals surface area contributed by atoms with Gasteiger partial charge in [0.05, 0.1) is 25.2 Å². The molecule has 6 nitrogen and oxygen atoms in total. The average molecular weight is 414 g/mol. The van der Waals surface area contributed by atoms with Crippen LogP contribution in [0, 0.1) is 16.7 Å². The van der Waals surface area contributed by atoms with Gasteiger partial charge in [-0.25, -0.2) is 0 Å². The fourth-order valence-corrected chi connectivity index (χ4v) is 7.70. The van der Waals surface area contributed by atoms with E-state index in [1.165, 1.54) is 0 Å². The first-order chi connectivity index (χ1) is 14.4. The lowest BCUT2D eigenvalue weighted by molar-refractivity contribution is -0.168. The van der Waals surface area contributed by atoms with Gasteiger partial charge in [0, 0.05) is 50.5 Å². The number of phenolic OH excluding ortho intramolecular Hbond substituents is 1. The third-order valence-electron chi connectivity index (χ3n) is 8.58. The van der Waals surface area contributed by atoms with Crippen LogP contribution >= 0.6 is 0 Å². The molecule has 1 aliphatic heterocycles. The summed E-state index contributed by atoms with van der Waals surface area (Å²) in [7, 11) is 5.01. The van der Waals surface area contributed by atoms with Crippen LogP contribution < -0.4 is 4.74 Å². The van der Waals surface area contributed by atoms with Gasteiger partial charge in [-0.2, -0.15) is 0 Å². The van der Waals surface area contributed by atoms with E-state index < -0.39 is 5.41 Å². The van der Waals surface area contributed by atoms with Crippen LogP contribution in [0.5, 0.6) is 11.5 Å². The quantitative estimate of drug-likeness (QED) is 0.801. The number of ether oxygens (including phenoxy) is 3. The summed E-state index contributed by atoms with van der Waals surface area (Å²) in [4.78, 5) is 16.0. The molecule has 1 aromatic rings. The minimum atomic E-state index is -0.605. The first-order valence-electron chi connectivity index (χ1n) is 10.8. The number of benzene rings is 1. The van der Waals surface area contributed by atoms with Crippen molar-refractivity contribution in [2.75, 3.05) is 41.0 Å². The fraction of sp³-hybridized carbons (Fsp3) is 0.625. The SMILES string of the molecule is C=C1c2cc(O)c(OC)cc2[C@@H]2C3N(CC)C[C@]4(COC)C(=O)CC[C@]13[C@@H]4[C@H]2OC. The second-order valence-electron chi connectivity index (χ2n) is 9.35. The standard InChI is InChI=1S/C24H31NO5/c1-6-25-11-23(12-28-3)18(27)7-8-24-13(2)14-9-16(26)17(29-4)10-15(14)19(22(24)25)20(30-5)21(23)24/h9-10,19-22,26H,2,6-8,11-12H2,1,3-5H3/t19-,20-,21+,22?,23-,24+/m0/s1. The van der Waals surface area contributed by atoms with E-state index >= 15 is 0 Å². The smallest absolute Gasteiger partial charge is 0.160 e. The molecule has 1 unspecified atom stereocenters. The summed E-state index contributed by atoms with van der Waals surface area (Å²) in [6.07, 6.45) is 1.18. The number of likely N-dealkylation sites (N-methyl/N-ethyl adjacent to an activating group) is 1. The highest BCUT2D eigenvalue weighted by Crippen LogP contribution is 2.74. The van der Waals surface area contributed by atoms with E-state index in [4.69, 9.17) is 14.2 Å². The van der Waals surface area contributed by atoms with Crippen LogP contribution in [0.25, 0.3) is 5.57 Å². The molecule has 162 valence electrons. The Balaban J connectivity index is 1.82. The molecule has 30 heavy (non-hydrogen) atoms. The van der Waals surface area contributed by atoms with Crippen LogP contribution in [0.2, 0.25) is 0 Å². The lowest BCUT2D eigenvalue weighted by atomic mass is 9.48. The number of carbonyl (C=O) groups excluding carboxylic acids is 1. The maximum Gasteiger partial charge on any atom is 0.160 e. The summed E-state index contributed by atoms with van der Waals surface area (Å²) in [6, 6.07) is 3.95. The first kappa shape index (κ1) is 20.0. The lowest BCUT2D eigenvalue weighted by Gasteiger charge is -2.62. The zero-order valence-corrected chi connectivity index (χ0v) is 18.2. The highest BCUT2D eigenvalue weighted by molar-refractivity contribution is 5.91. The number of fused-ring (bicyclic) bond motifs is 2. The minimum Gasteiger partial charge on any atom is -0.504 e. The van der Waals surface area contributed by atoms with Crippen LogP contribution in [0.3, 0.4) is 0 Å². The van der Waals surface area contributed by atoms with E-state index in [-0.39, 0.29) is 40.9 Å². The Hall–Kier alpha value is -1.89. The molecule has 5 bridgehead atoms. The van der Waals surface area contributed by atoms with Crippen molar-refractivity contribution in [2.45, 2.75) is 37.8 Å². The zero-order valence-electron chi connectivity index (χ0n) is 18.2. The molecule has 0 aromatic heterocycles. The van der Waals surface area contributed by atoms with Crippen molar-refractivity contribution < 1.29 is 24.1 Å². The van der Waals surface area contributed by atoms with Gasteiger partial charge in [-0.1, -0.05) is 13.5 Å². The van der Waals surface area contributed by atoms with Crippen LogP contribution in [0.1, 0.15) is 36.8 Å². The highest BCUT2D eigenvalue weighted by Gasteiger charge is 2.77. The van der Waals surface area contributed by atoms with Crippen LogP contribution in [-0.2, 0) is 14.3 Å². The van der Waals surface area contributed by atoms with Crippen molar-refractivity contribution >= 4 is 11.4 Å². The number of piperidine rings is 1. The Labute approximate surface area is 177 Å². The molecule has 3 fully saturated rings. The third-order valence-corrected chi connectivity index (χ3v) is 8.58. The minimum absolute atomic E-state index is 0.00189. The number of hydrogen-bond acceptors (Lipinski definition) is 6. The van der Waals surface area contributed by atoms with Crippen LogP contribution in [0.4, 0.5) is 0 Å². The number of phenols is 1. The predicted molar refractivity (Wildman–Crippen MR) is 113 cm³/mol. The molecular weight excluding hydrogens is 382 g/mol. The molecule has 1 spiro atoms. The summed E-state index contributed by atoms with van der Waals surface area (Å²) in [5, 5.41) is 10.5. The van der Waals surface area contributed by atoms with Crippen molar-refractivity contribution in [2.24, 2.45) is 16.7 Å². The molecule has 1 aromatic carbocycles. The van der Waals surface area contributed by atoms with Gasteiger partial charge in [0.1, 0.15) is 5.78 Å². The summed E-state index contributed by atoms with van der Waals surface area (Å²) in [6.45, 7) is 8.69. The molecule has 1 saturated heterocycles. The average Bonchev–Trinajstić information content (AvgIpc) is 2.92. The fourth-order valence-electron chi connectivity index (χ4n) is 7.70. The van der Waals surface area contributed by atoms with Gasteiger partial charge >= 0.3 is 0 Å². The lowest BCUT2D eigenvalue weighted by Crippen LogP contribution is -2.68. The van der Waals surface area contributed by atoms with Gasteiger partial charge in [-0.05, 0) is 41.8 Å². The van der Waals surface area contributed by atoms with Crippen LogP contribution in [-0.4, -0.2) is 69.0 Å². The number of likely N-dealkylation sites (tertiary alicyclic amines) is 1. The third kappa shape index (κ3) is 2.07. The van der Waals surface area contributed by atoms with Gasteiger partial charge in [-0.3, -0.25) is 9.69 Å². The topological polar surface area (TPSA) is 68.2 Å². The molecule has 0 radical (unpaired) electrons. The number of rotatable bonds is 5. The molecule has 0 amide bonds. The zero-order chi connectivity index (χ0) is 21.4. The largest absolute Gasteiger partial charge is 0.504 e. The highest BCUT2D eigenvalue weighted by atomic mass is 16.5. The van der Waals surface area contributed by atoms with Gasteiger partial charge in [0.2, 0.25) is 0 Å². The molecule has 1 N–H and O–H groups in total. The van der Waals surface area contributed by atoms with Gasteiger partial charge < -0.3 is 19.3 Å². The Morgan fingerprint density at radius 2 is 2.07 bits per heavy atom. The van der Waals surface area contributed by atoms with E-state index in [0.29, 0.717) is 25.3 Å². The van der Waals surface area contributed by atoms with E-state index in [1.807, 2.05) is 6.07 Å². The maximum absolute atomic E-state index is 13.5. The normalized spacial score (nSPS) is 39.2. The van der Waals surface area contributed by atoms with Gasteiger partial charge in [-0.15, -0.1) is 0 Å². The second kappa shape index (κ2) is 6.55. The van der Waals surface area contributed by atoms with E-state index in [9.17, 15) is 9.90 Å². The molecule has 2 saturated carbocycles. The van der Waals surface area contributed by atoms with Crippen molar-refractivity contribution in [3.05, 3.63) is 29.8 Å². The van der Waals surface area contributed by atoms with E-state index in [0.717, 1.165) is 29.7 Å². The summed E-state index contributed by atoms with van der Waals surface area (Å²) >= 11 is 0. The number of nitrogens with zero attached hydrogens (tertiary/aromatic N) is 1. The Morgan fingerprint density at radius 1 is 1.30 bits per heavy atom. The molecule has 1 heterocycles. The molecule has 6 atom stereocenters. The molecule has 4 aliphatic rings. The molecule has 5 rings (SSSR count). The number of hydrogen-bond donors (Lipinski definition) is 1. The molecule has 6 heteroatoms. The number of aromatic hydroxyl groups is 1. The number of carbonyl (C=O) groups is 1. The Kier molecular flexibility index (Phi) is 4.38. The van der Waals surface area contributed by atoms with Crippen molar-refractivity contribution in [1.82, 2.24) is 4.90 Å². The monoisotopic (exact) mass is 413 g/mol. The molecule has 3 aliphatic carbocycles. The number of methoxy groups -OCH3 is 3.